The van der Waals surface area contributed by atoms with E-state index in [1.54, 1.807) is 42.8 Å². The van der Waals surface area contributed by atoms with Gasteiger partial charge in [0.1, 0.15) is 11.6 Å². The summed E-state index contributed by atoms with van der Waals surface area (Å²) in [5.74, 6) is 1.21. The number of rotatable bonds is 6. The number of nitrogens with zero attached hydrogens (tertiary/aromatic N) is 1. The molecule has 3 aromatic rings. The van der Waals surface area contributed by atoms with E-state index < -0.39 is 0 Å². The molecule has 0 aliphatic heterocycles. The van der Waals surface area contributed by atoms with Gasteiger partial charge in [0.15, 0.2) is 0 Å². The van der Waals surface area contributed by atoms with Crippen LogP contribution >= 0.6 is 22.9 Å². The molecular weight excluding hydrogens is 370 g/mol. The molecule has 0 bridgehead atoms. The molecule has 3 rings (SSSR count). The van der Waals surface area contributed by atoms with Gasteiger partial charge in [0, 0.05) is 16.0 Å². The van der Waals surface area contributed by atoms with E-state index in [1.807, 2.05) is 30.5 Å². The first-order valence-corrected chi connectivity index (χ1v) is 9.20. The molecule has 0 saturated carbocycles. The number of hydrogen-bond donors (Lipinski definition) is 2. The number of hydrogen-bond acceptors (Lipinski definition) is 5. The first-order chi connectivity index (χ1) is 12.5. The van der Waals surface area contributed by atoms with Crippen molar-refractivity contribution in [2.45, 2.75) is 13.3 Å². The number of ether oxygens (including phenoxy) is 1. The third kappa shape index (κ3) is 4.53. The number of amides is 1. The second-order valence-corrected chi connectivity index (χ2v) is 7.10. The van der Waals surface area contributed by atoms with Gasteiger partial charge in [-0.1, -0.05) is 17.7 Å². The van der Waals surface area contributed by atoms with Gasteiger partial charge in [0.25, 0.3) is 0 Å². The minimum Gasteiger partial charge on any atom is -0.495 e. The summed E-state index contributed by atoms with van der Waals surface area (Å²) in [6.07, 6.45) is 1.98. The largest absolute Gasteiger partial charge is 0.495 e. The number of halogens is 1. The van der Waals surface area contributed by atoms with Gasteiger partial charge >= 0.3 is 0 Å². The number of aryl methyl sites for hydroxylation is 1. The van der Waals surface area contributed by atoms with E-state index in [4.69, 9.17) is 16.3 Å². The molecule has 0 radical (unpaired) electrons. The second-order valence-electron chi connectivity index (χ2n) is 5.66. The van der Waals surface area contributed by atoms with Gasteiger partial charge in [-0.3, -0.25) is 4.79 Å². The van der Waals surface area contributed by atoms with Gasteiger partial charge in [-0.2, -0.15) is 0 Å². The Morgan fingerprint density at radius 1 is 1.31 bits per heavy atom. The fraction of sp³-hybridized carbons (Fsp3) is 0.158. The van der Waals surface area contributed by atoms with Crippen LogP contribution in [0.25, 0.3) is 0 Å². The molecule has 0 aliphatic rings. The van der Waals surface area contributed by atoms with Crippen molar-refractivity contribution < 1.29 is 9.53 Å². The number of benzene rings is 1. The molecule has 2 N–H and O–H groups in total. The van der Waals surface area contributed by atoms with Crippen molar-refractivity contribution in [1.82, 2.24) is 4.98 Å². The minimum atomic E-state index is -0.0649. The lowest BCUT2D eigenvalue weighted by molar-refractivity contribution is -0.115. The summed E-state index contributed by atoms with van der Waals surface area (Å²) in [5.41, 5.74) is 2.36. The summed E-state index contributed by atoms with van der Waals surface area (Å²) in [6, 6.07) is 11.1. The molecule has 2 aromatic heterocycles. The molecule has 0 atom stereocenters. The summed E-state index contributed by atoms with van der Waals surface area (Å²) < 4.78 is 5.35. The maximum atomic E-state index is 12.0. The Bertz CT molecular complexity index is 896. The normalized spacial score (nSPS) is 10.4. The van der Waals surface area contributed by atoms with E-state index in [-0.39, 0.29) is 5.91 Å². The Balaban J connectivity index is 1.66. The zero-order valence-electron chi connectivity index (χ0n) is 14.4. The van der Waals surface area contributed by atoms with Gasteiger partial charge in [-0.25, -0.2) is 4.98 Å². The lowest BCUT2D eigenvalue weighted by Gasteiger charge is -2.13. The van der Waals surface area contributed by atoms with Crippen LogP contribution in [0.4, 0.5) is 17.2 Å². The monoisotopic (exact) mass is 387 g/mol. The highest BCUT2D eigenvalue weighted by Crippen LogP contribution is 2.32. The molecule has 0 saturated heterocycles. The van der Waals surface area contributed by atoms with E-state index in [2.05, 4.69) is 15.6 Å². The lowest BCUT2D eigenvalue weighted by Crippen LogP contribution is -2.13. The number of carbonyl (C=O) groups excluding carboxylic acids is 1. The standard InChI is InChI=1S/C19H18ClN3O2S/c1-12-8-16(17(25-2)10-15(12)20)23-18-6-5-13(11-21-18)22-19(24)9-14-4-3-7-26-14/h3-8,10-11H,9H2,1-2H3,(H,21,23)(H,22,24). The molecule has 5 nitrogen and oxygen atoms in total. The number of carbonyl (C=O) groups is 1. The number of aromatic nitrogens is 1. The van der Waals surface area contributed by atoms with E-state index >= 15 is 0 Å². The van der Waals surface area contributed by atoms with Crippen molar-refractivity contribution in [2.75, 3.05) is 17.7 Å². The summed E-state index contributed by atoms with van der Waals surface area (Å²) in [6.45, 7) is 1.92. The van der Waals surface area contributed by atoms with Crippen molar-refractivity contribution in [3.05, 3.63) is 63.4 Å². The average molecular weight is 388 g/mol. The fourth-order valence-corrected chi connectivity index (χ4v) is 3.24. The molecule has 0 aliphatic carbocycles. The summed E-state index contributed by atoms with van der Waals surface area (Å²) >= 11 is 7.69. The Labute approximate surface area is 161 Å². The Morgan fingerprint density at radius 3 is 2.81 bits per heavy atom. The minimum absolute atomic E-state index is 0.0649. The van der Waals surface area contributed by atoms with E-state index in [0.29, 0.717) is 28.7 Å². The maximum absolute atomic E-state index is 12.0. The first kappa shape index (κ1) is 18.2. The predicted molar refractivity (Wildman–Crippen MR) is 107 cm³/mol. The summed E-state index contributed by atoms with van der Waals surface area (Å²) in [5, 5.41) is 8.65. The van der Waals surface area contributed by atoms with Crippen LogP contribution in [0, 0.1) is 6.92 Å². The van der Waals surface area contributed by atoms with Crippen molar-refractivity contribution in [1.29, 1.82) is 0 Å². The summed E-state index contributed by atoms with van der Waals surface area (Å²) in [4.78, 5) is 17.4. The fourth-order valence-electron chi connectivity index (χ4n) is 2.39. The molecule has 26 heavy (non-hydrogen) atoms. The molecule has 1 amide bonds. The van der Waals surface area contributed by atoms with E-state index in [1.165, 1.54) is 0 Å². The lowest BCUT2D eigenvalue weighted by atomic mass is 10.2. The van der Waals surface area contributed by atoms with Crippen LogP contribution in [-0.2, 0) is 11.2 Å². The molecule has 1 aromatic carbocycles. The predicted octanol–water partition coefficient (Wildman–Crippen LogP) is 5.04. The van der Waals surface area contributed by atoms with Crippen LogP contribution in [0.15, 0.2) is 48.0 Å². The summed E-state index contributed by atoms with van der Waals surface area (Å²) in [7, 11) is 1.59. The van der Waals surface area contributed by atoms with Crippen LogP contribution in [0.5, 0.6) is 5.75 Å². The zero-order chi connectivity index (χ0) is 18.5. The van der Waals surface area contributed by atoms with Gasteiger partial charge in [0.05, 0.1) is 31.1 Å². The van der Waals surface area contributed by atoms with Gasteiger partial charge in [-0.05, 0) is 42.1 Å². The third-order valence-electron chi connectivity index (χ3n) is 3.71. The highest BCUT2D eigenvalue weighted by molar-refractivity contribution is 7.10. The van der Waals surface area contributed by atoms with Crippen molar-refractivity contribution in [3.8, 4) is 5.75 Å². The Morgan fingerprint density at radius 2 is 2.15 bits per heavy atom. The van der Waals surface area contributed by atoms with Crippen molar-refractivity contribution in [2.24, 2.45) is 0 Å². The third-order valence-corrected chi connectivity index (χ3v) is 4.99. The topological polar surface area (TPSA) is 63.2 Å². The van der Waals surface area contributed by atoms with Crippen LogP contribution in [0.1, 0.15) is 10.4 Å². The van der Waals surface area contributed by atoms with Crippen LogP contribution in [-0.4, -0.2) is 18.0 Å². The quantitative estimate of drug-likeness (QED) is 0.622. The zero-order valence-corrected chi connectivity index (χ0v) is 15.9. The Kier molecular flexibility index (Phi) is 5.75. The van der Waals surface area contributed by atoms with E-state index in [0.717, 1.165) is 16.1 Å². The number of pyridine rings is 1. The number of anilines is 3. The van der Waals surface area contributed by atoms with Crippen LogP contribution in [0.2, 0.25) is 5.02 Å². The molecule has 7 heteroatoms. The van der Waals surface area contributed by atoms with Gasteiger partial charge < -0.3 is 15.4 Å². The first-order valence-electron chi connectivity index (χ1n) is 7.94. The van der Waals surface area contributed by atoms with Crippen molar-refractivity contribution in [3.63, 3.8) is 0 Å². The highest BCUT2D eigenvalue weighted by atomic mass is 35.5. The molecule has 0 unspecified atom stereocenters. The molecule has 2 heterocycles. The Hall–Kier alpha value is -2.57. The molecule has 0 spiro atoms. The average Bonchev–Trinajstić information content (AvgIpc) is 3.12. The highest BCUT2D eigenvalue weighted by Gasteiger charge is 2.09. The number of thiophene rings is 1. The second kappa shape index (κ2) is 8.21. The number of nitrogens with one attached hydrogen (secondary N) is 2. The van der Waals surface area contributed by atoms with Crippen molar-refractivity contribution >= 4 is 46.0 Å². The van der Waals surface area contributed by atoms with Gasteiger partial charge in [0.2, 0.25) is 5.91 Å². The van der Waals surface area contributed by atoms with Crippen LogP contribution in [0.3, 0.4) is 0 Å². The molecular formula is C19H18ClN3O2S. The maximum Gasteiger partial charge on any atom is 0.229 e. The van der Waals surface area contributed by atoms with Crippen LogP contribution < -0.4 is 15.4 Å². The smallest absolute Gasteiger partial charge is 0.229 e. The number of methoxy groups -OCH3 is 1. The van der Waals surface area contributed by atoms with Gasteiger partial charge in [-0.15, -0.1) is 11.3 Å². The van der Waals surface area contributed by atoms with E-state index in [9.17, 15) is 4.79 Å². The molecule has 134 valence electrons. The SMILES string of the molecule is COc1cc(Cl)c(C)cc1Nc1ccc(NC(=O)Cc2cccs2)cn1. The molecule has 0 fully saturated rings.